The molecule has 8 heteroatoms. The van der Waals surface area contributed by atoms with E-state index in [2.05, 4.69) is 15.2 Å². The number of carbonyl (C=O) groups is 1. The lowest BCUT2D eigenvalue weighted by molar-refractivity contribution is -0.383. The minimum Gasteiger partial charge on any atom is -0.444 e. The van der Waals surface area contributed by atoms with Crippen LogP contribution in [0.15, 0.2) is 30.6 Å². The van der Waals surface area contributed by atoms with Crippen LogP contribution in [0.1, 0.15) is 33.6 Å². The first-order valence-corrected chi connectivity index (χ1v) is 9.00. The van der Waals surface area contributed by atoms with Crippen LogP contribution in [-0.2, 0) is 4.74 Å². The van der Waals surface area contributed by atoms with E-state index in [1.807, 2.05) is 26.8 Å². The van der Waals surface area contributed by atoms with Gasteiger partial charge in [-0.1, -0.05) is 0 Å². The van der Waals surface area contributed by atoms with Crippen molar-refractivity contribution in [3.63, 3.8) is 0 Å². The molecule has 0 unspecified atom stereocenters. The Hall–Kier alpha value is -2.90. The Bertz CT molecular complexity index is 854. The van der Waals surface area contributed by atoms with Crippen LogP contribution >= 0.6 is 0 Å². The molecule has 144 valence electrons. The molecule has 1 aromatic carbocycles. The van der Waals surface area contributed by atoms with Crippen LogP contribution in [0, 0.1) is 10.1 Å². The molecule has 8 nitrogen and oxygen atoms in total. The summed E-state index contributed by atoms with van der Waals surface area (Å²) in [6.45, 7) is 7.00. The molecule has 0 spiro atoms. The van der Waals surface area contributed by atoms with Crippen molar-refractivity contribution >= 4 is 28.2 Å². The average Bonchev–Trinajstić information content (AvgIpc) is 2.59. The van der Waals surface area contributed by atoms with Gasteiger partial charge in [0.25, 0.3) is 5.69 Å². The Balaban J connectivity index is 1.71. The van der Waals surface area contributed by atoms with Crippen LogP contribution in [-0.4, -0.2) is 40.7 Å². The summed E-state index contributed by atoms with van der Waals surface area (Å²) in [5.41, 5.74) is 0.494. The summed E-state index contributed by atoms with van der Waals surface area (Å²) in [6, 6.07) is 5.19. The van der Waals surface area contributed by atoms with Gasteiger partial charge in [0.15, 0.2) is 0 Å². The molecule has 0 saturated carbocycles. The highest BCUT2D eigenvalue weighted by Crippen LogP contribution is 2.34. The lowest BCUT2D eigenvalue weighted by Gasteiger charge is -2.34. The van der Waals surface area contributed by atoms with Gasteiger partial charge in [-0.2, -0.15) is 0 Å². The van der Waals surface area contributed by atoms with Gasteiger partial charge in [-0.3, -0.25) is 15.1 Å². The van der Waals surface area contributed by atoms with Crippen LogP contribution in [0.5, 0.6) is 0 Å². The van der Waals surface area contributed by atoms with E-state index in [0.717, 1.165) is 37.0 Å². The van der Waals surface area contributed by atoms with Crippen LogP contribution in [0.3, 0.4) is 0 Å². The molecule has 3 rings (SSSR count). The fourth-order valence-electron chi connectivity index (χ4n) is 3.33. The van der Waals surface area contributed by atoms with Crippen molar-refractivity contribution < 1.29 is 14.5 Å². The van der Waals surface area contributed by atoms with E-state index < -0.39 is 11.7 Å². The Morgan fingerprint density at radius 3 is 2.59 bits per heavy atom. The average molecular weight is 372 g/mol. The second-order valence-electron chi connectivity index (χ2n) is 7.69. The second-order valence-corrected chi connectivity index (χ2v) is 7.69. The topological polar surface area (TPSA) is 97.6 Å². The molecule has 1 fully saturated rings. The Kier molecular flexibility index (Phi) is 5.16. The van der Waals surface area contributed by atoms with Crippen molar-refractivity contribution in [1.29, 1.82) is 0 Å². The minimum absolute atomic E-state index is 0.0575. The monoisotopic (exact) mass is 372 g/mol. The quantitative estimate of drug-likeness (QED) is 0.652. The molecule has 1 aliphatic heterocycles. The smallest absolute Gasteiger partial charge is 0.407 e. The molecule has 0 atom stereocenters. The zero-order valence-corrected chi connectivity index (χ0v) is 15.8. The predicted molar refractivity (Wildman–Crippen MR) is 103 cm³/mol. The van der Waals surface area contributed by atoms with Gasteiger partial charge < -0.3 is 15.0 Å². The molecule has 1 saturated heterocycles. The molecule has 1 amide bonds. The van der Waals surface area contributed by atoms with Gasteiger partial charge in [0, 0.05) is 48.7 Å². The normalized spacial score (nSPS) is 15.6. The van der Waals surface area contributed by atoms with E-state index in [4.69, 9.17) is 4.74 Å². The Morgan fingerprint density at radius 1 is 1.26 bits per heavy atom. The maximum Gasteiger partial charge on any atom is 0.407 e. The summed E-state index contributed by atoms with van der Waals surface area (Å²) in [5.74, 6) is 0. The molecular formula is C19H24N4O4. The van der Waals surface area contributed by atoms with Crippen molar-refractivity contribution in [2.45, 2.75) is 45.3 Å². The van der Waals surface area contributed by atoms with E-state index in [9.17, 15) is 14.9 Å². The molecule has 27 heavy (non-hydrogen) atoms. The number of ether oxygens (including phenoxy) is 1. The number of pyridine rings is 1. The highest BCUT2D eigenvalue weighted by Gasteiger charge is 2.25. The third-order valence-electron chi connectivity index (χ3n) is 4.53. The van der Waals surface area contributed by atoms with Crippen molar-refractivity contribution in [2.75, 3.05) is 18.0 Å². The Morgan fingerprint density at radius 2 is 1.96 bits per heavy atom. The summed E-state index contributed by atoms with van der Waals surface area (Å²) in [5, 5.41) is 15.5. The number of alkyl carbamates (subject to hydrolysis) is 1. The van der Waals surface area contributed by atoms with Gasteiger partial charge >= 0.3 is 6.09 Å². The number of nitrogens with zero attached hydrogens (tertiary/aromatic N) is 3. The molecule has 0 radical (unpaired) electrons. The number of rotatable bonds is 3. The number of amides is 1. The van der Waals surface area contributed by atoms with Gasteiger partial charge in [0.1, 0.15) is 5.60 Å². The number of hydrogen-bond donors (Lipinski definition) is 1. The minimum atomic E-state index is -0.517. The zero-order valence-electron chi connectivity index (χ0n) is 15.8. The maximum atomic E-state index is 11.9. The fourth-order valence-corrected chi connectivity index (χ4v) is 3.33. The summed E-state index contributed by atoms with van der Waals surface area (Å²) in [7, 11) is 0. The zero-order chi connectivity index (χ0) is 19.6. The van der Waals surface area contributed by atoms with E-state index in [-0.39, 0.29) is 16.7 Å². The number of nitrogens with one attached hydrogen (secondary N) is 1. The molecular weight excluding hydrogens is 348 g/mol. The first kappa shape index (κ1) is 18.9. The number of nitro groups is 1. The summed E-state index contributed by atoms with van der Waals surface area (Å²) in [6.07, 6.45) is 4.35. The molecule has 1 aliphatic rings. The van der Waals surface area contributed by atoms with Crippen molar-refractivity contribution in [2.24, 2.45) is 0 Å². The summed E-state index contributed by atoms with van der Waals surface area (Å²) >= 11 is 0. The molecule has 0 aliphatic carbocycles. The third-order valence-corrected chi connectivity index (χ3v) is 4.53. The van der Waals surface area contributed by atoms with Crippen molar-refractivity contribution in [3.8, 4) is 0 Å². The number of non-ortho nitro benzene ring substituents is 1. The van der Waals surface area contributed by atoms with Gasteiger partial charge in [-0.15, -0.1) is 0 Å². The molecule has 1 N–H and O–H groups in total. The maximum absolute atomic E-state index is 11.9. The predicted octanol–water partition coefficient (Wildman–Crippen LogP) is 3.64. The standard InChI is InChI=1S/C19H24N4O4/c1-19(2,3)27-18(24)21-13-7-10-22(11-8-13)16-4-5-17(23(25)26)15-12-20-9-6-14(15)16/h4-6,9,12-13H,7-8,10-11H2,1-3H3,(H,21,24). The largest absolute Gasteiger partial charge is 0.444 e. The number of piperidine rings is 1. The van der Waals surface area contributed by atoms with Gasteiger partial charge in [-0.25, -0.2) is 4.79 Å². The van der Waals surface area contributed by atoms with Crippen LogP contribution in [0.4, 0.5) is 16.2 Å². The highest BCUT2D eigenvalue weighted by molar-refractivity contribution is 5.99. The SMILES string of the molecule is CC(C)(C)OC(=O)NC1CCN(c2ccc([N+](=O)[O-])c3cnccc23)CC1. The lowest BCUT2D eigenvalue weighted by Crippen LogP contribution is -2.46. The number of anilines is 1. The first-order valence-electron chi connectivity index (χ1n) is 9.00. The second kappa shape index (κ2) is 7.38. The summed E-state index contributed by atoms with van der Waals surface area (Å²) in [4.78, 5) is 29.0. The van der Waals surface area contributed by atoms with Gasteiger partial charge in [0.2, 0.25) is 0 Å². The molecule has 1 aromatic heterocycles. The Labute approximate surface area is 157 Å². The van der Waals surface area contributed by atoms with Crippen LogP contribution in [0.25, 0.3) is 10.8 Å². The van der Waals surface area contributed by atoms with Gasteiger partial charge in [-0.05, 0) is 45.7 Å². The highest BCUT2D eigenvalue weighted by atomic mass is 16.6. The summed E-state index contributed by atoms with van der Waals surface area (Å²) < 4.78 is 5.31. The number of carbonyl (C=O) groups excluding carboxylic acids is 1. The first-order chi connectivity index (χ1) is 12.7. The molecule has 2 aromatic rings. The lowest BCUT2D eigenvalue weighted by atomic mass is 10.0. The van der Waals surface area contributed by atoms with Crippen molar-refractivity contribution in [3.05, 3.63) is 40.7 Å². The van der Waals surface area contributed by atoms with Crippen molar-refractivity contribution in [1.82, 2.24) is 10.3 Å². The number of aromatic nitrogens is 1. The van der Waals surface area contributed by atoms with Crippen LogP contribution < -0.4 is 10.2 Å². The van der Waals surface area contributed by atoms with E-state index in [1.54, 1.807) is 12.3 Å². The molecule has 2 heterocycles. The van der Waals surface area contributed by atoms with E-state index in [0.29, 0.717) is 5.39 Å². The fraction of sp³-hybridized carbons (Fsp3) is 0.474. The van der Waals surface area contributed by atoms with Crippen LogP contribution in [0.2, 0.25) is 0 Å². The number of fused-ring (bicyclic) bond motifs is 1. The molecule has 0 bridgehead atoms. The third kappa shape index (κ3) is 4.45. The number of benzene rings is 1. The van der Waals surface area contributed by atoms with E-state index >= 15 is 0 Å². The number of hydrogen-bond acceptors (Lipinski definition) is 6. The van der Waals surface area contributed by atoms with E-state index in [1.165, 1.54) is 12.3 Å². The van der Waals surface area contributed by atoms with Gasteiger partial charge in [0.05, 0.1) is 10.3 Å². The number of nitro benzene ring substituents is 1.